The number of benzene rings is 1. The lowest BCUT2D eigenvalue weighted by Gasteiger charge is -2.02. The summed E-state index contributed by atoms with van der Waals surface area (Å²) in [6, 6.07) is 7.77. The van der Waals surface area contributed by atoms with Crippen LogP contribution in [0.1, 0.15) is 5.56 Å². The third kappa shape index (κ3) is 2.27. The molecule has 0 saturated heterocycles. The molecule has 1 rings (SSSR count). The van der Waals surface area contributed by atoms with Gasteiger partial charge in [0.05, 0.1) is 0 Å². The molecule has 1 nitrogen and oxygen atoms in total. The quantitative estimate of drug-likeness (QED) is 0.615. The molecule has 0 heterocycles. The van der Waals surface area contributed by atoms with Crippen molar-refractivity contribution in [3.63, 3.8) is 0 Å². The maximum absolute atomic E-state index is 5.33. The average molecular weight is 160 g/mol. The molecule has 0 radical (unpaired) electrons. The highest BCUT2D eigenvalue weighted by atomic mass is 16.5. The van der Waals surface area contributed by atoms with Gasteiger partial charge in [-0.25, -0.2) is 0 Å². The van der Waals surface area contributed by atoms with Gasteiger partial charge in [-0.05, 0) is 17.7 Å². The standard InChI is InChI=1S/C11H12O/c1-3-8-12-11-7-5-6-10(4-2)9-11/h3-7,9H,1-2,8H2. The van der Waals surface area contributed by atoms with E-state index in [1.54, 1.807) is 12.2 Å². The SMILES string of the molecule is C=CCOc1cccc(C=C)c1. The molecule has 0 aliphatic heterocycles. The molecule has 0 amide bonds. The minimum Gasteiger partial charge on any atom is -0.490 e. The van der Waals surface area contributed by atoms with Gasteiger partial charge in [0.1, 0.15) is 12.4 Å². The molecule has 0 aliphatic rings. The first-order valence-corrected chi connectivity index (χ1v) is 3.83. The van der Waals surface area contributed by atoms with Crippen LogP contribution in [0.2, 0.25) is 0 Å². The maximum atomic E-state index is 5.33. The summed E-state index contributed by atoms with van der Waals surface area (Å²) in [6.07, 6.45) is 3.52. The monoisotopic (exact) mass is 160 g/mol. The highest BCUT2D eigenvalue weighted by Crippen LogP contribution is 2.13. The van der Waals surface area contributed by atoms with E-state index in [2.05, 4.69) is 13.2 Å². The van der Waals surface area contributed by atoms with E-state index in [1.807, 2.05) is 24.3 Å². The van der Waals surface area contributed by atoms with E-state index in [9.17, 15) is 0 Å². The van der Waals surface area contributed by atoms with Crippen LogP contribution in [0.25, 0.3) is 6.08 Å². The Morgan fingerprint density at radius 3 is 2.83 bits per heavy atom. The Bertz CT molecular complexity index is 276. The number of hydrogen-bond acceptors (Lipinski definition) is 1. The van der Waals surface area contributed by atoms with Crippen LogP contribution < -0.4 is 4.74 Å². The summed E-state index contributed by atoms with van der Waals surface area (Å²) < 4.78 is 5.33. The van der Waals surface area contributed by atoms with Gasteiger partial charge < -0.3 is 4.74 Å². The predicted octanol–water partition coefficient (Wildman–Crippen LogP) is 2.89. The van der Waals surface area contributed by atoms with Gasteiger partial charge >= 0.3 is 0 Å². The van der Waals surface area contributed by atoms with Crippen molar-refractivity contribution in [3.05, 3.63) is 49.1 Å². The largest absolute Gasteiger partial charge is 0.490 e. The Hall–Kier alpha value is -1.50. The molecule has 0 atom stereocenters. The molecule has 0 unspecified atom stereocenters. The molecule has 0 saturated carbocycles. The molecular weight excluding hydrogens is 148 g/mol. The number of rotatable bonds is 4. The molecule has 0 bridgehead atoms. The lowest BCUT2D eigenvalue weighted by molar-refractivity contribution is 0.363. The van der Waals surface area contributed by atoms with E-state index in [-0.39, 0.29) is 0 Å². The second-order valence-electron chi connectivity index (χ2n) is 2.38. The smallest absolute Gasteiger partial charge is 0.120 e. The van der Waals surface area contributed by atoms with Crippen LogP contribution in [0.3, 0.4) is 0 Å². The van der Waals surface area contributed by atoms with Crippen molar-refractivity contribution < 1.29 is 4.74 Å². The average Bonchev–Trinajstić information content (AvgIpc) is 2.15. The van der Waals surface area contributed by atoms with Crippen LogP contribution in [0.5, 0.6) is 5.75 Å². The summed E-state index contributed by atoms with van der Waals surface area (Å²) in [5.74, 6) is 0.854. The van der Waals surface area contributed by atoms with Gasteiger partial charge in [-0.1, -0.05) is 37.4 Å². The van der Waals surface area contributed by atoms with Crippen LogP contribution >= 0.6 is 0 Å². The molecule has 0 aromatic heterocycles. The van der Waals surface area contributed by atoms with Crippen LogP contribution in [0.15, 0.2) is 43.5 Å². The fourth-order valence-corrected chi connectivity index (χ4v) is 0.886. The lowest BCUT2D eigenvalue weighted by atomic mass is 10.2. The van der Waals surface area contributed by atoms with E-state index in [1.165, 1.54) is 0 Å². The predicted molar refractivity (Wildman–Crippen MR) is 52.2 cm³/mol. The molecule has 12 heavy (non-hydrogen) atoms. The number of ether oxygens (including phenoxy) is 1. The molecular formula is C11H12O. The number of hydrogen-bond donors (Lipinski definition) is 0. The maximum Gasteiger partial charge on any atom is 0.120 e. The van der Waals surface area contributed by atoms with Crippen molar-refractivity contribution in [2.24, 2.45) is 0 Å². The summed E-state index contributed by atoms with van der Waals surface area (Å²) in [4.78, 5) is 0. The van der Waals surface area contributed by atoms with Crippen molar-refractivity contribution in [1.82, 2.24) is 0 Å². The topological polar surface area (TPSA) is 9.23 Å². The van der Waals surface area contributed by atoms with E-state index >= 15 is 0 Å². The van der Waals surface area contributed by atoms with Crippen LogP contribution in [0.4, 0.5) is 0 Å². The van der Waals surface area contributed by atoms with Gasteiger partial charge in [0, 0.05) is 0 Å². The van der Waals surface area contributed by atoms with Gasteiger partial charge in [0.2, 0.25) is 0 Å². The zero-order valence-electron chi connectivity index (χ0n) is 6.99. The summed E-state index contributed by atoms with van der Waals surface area (Å²) in [5.41, 5.74) is 1.07. The summed E-state index contributed by atoms with van der Waals surface area (Å²) in [7, 11) is 0. The van der Waals surface area contributed by atoms with Gasteiger partial charge in [-0.2, -0.15) is 0 Å². The second-order valence-corrected chi connectivity index (χ2v) is 2.38. The molecule has 1 heteroatoms. The molecule has 0 fully saturated rings. The summed E-state index contributed by atoms with van der Waals surface area (Å²) >= 11 is 0. The Morgan fingerprint density at radius 1 is 1.33 bits per heavy atom. The summed E-state index contributed by atoms with van der Waals surface area (Å²) in [5, 5.41) is 0. The lowest BCUT2D eigenvalue weighted by Crippen LogP contribution is -1.92. The minimum absolute atomic E-state index is 0.542. The fourth-order valence-electron chi connectivity index (χ4n) is 0.886. The molecule has 0 N–H and O–H groups in total. The molecule has 0 aliphatic carbocycles. The van der Waals surface area contributed by atoms with E-state index in [0.29, 0.717) is 6.61 Å². The fraction of sp³-hybridized carbons (Fsp3) is 0.0909. The van der Waals surface area contributed by atoms with Gasteiger partial charge in [-0.3, -0.25) is 0 Å². The van der Waals surface area contributed by atoms with E-state index in [4.69, 9.17) is 4.74 Å². The first-order valence-electron chi connectivity index (χ1n) is 3.83. The molecule has 62 valence electrons. The van der Waals surface area contributed by atoms with Crippen molar-refractivity contribution >= 4 is 6.08 Å². The normalized spacial score (nSPS) is 9.00. The minimum atomic E-state index is 0.542. The highest BCUT2D eigenvalue weighted by Gasteiger charge is 1.91. The van der Waals surface area contributed by atoms with Crippen molar-refractivity contribution in [3.8, 4) is 5.75 Å². The van der Waals surface area contributed by atoms with Gasteiger partial charge in [-0.15, -0.1) is 0 Å². The van der Waals surface area contributed by atoms with Crippen LogP contribution in [-0.2, 0) is 0 Å². The zero-order chi connectivity index (χ0) is 8.81. The summed E-state index contributed by atoms with van der Waals surface area (Å²) in [6.45, 7) is 7.79. The highest BCUT2D eigenvalue weighted by molar-refractivity contribution is 5.49. The molecule has 1 aromatic rings. The van der Waals surface area contributed by atoms with E-state index < -0.39 is 0 Å². The Labute approximate surface area is 73.0 Å². The molecule has 1 aromatic carbocycles. The zero-order valence-corrected chi connectivity index (χ0v) is 6.99. The second kappa shape index (κ2) is 4.39. The van der Waals surface area contributed by atoms with Crippen molar-refractivity contribution in [2.75, 3.05) is 6.61 Å². The Morgan fingerprint density at radius 2 is 2.17 bits per heavy atom. The third-order valence-corrected chi connectivity index (χ3v) is 1.46. The Balaban J connectivity index is 2.72. The van der Waals surface area contributed by atoms with Crippen LogP contribution in [0, 0.1) is 0 Å². The van der Waals surface area contributed by atoms with Crippen molar-refractivity contribution in [2.45, 2.75) is 0 Å². The first-order chi connectivity index (χ1) is 5.86. The van der Waals surface area contributed by atoms with Crippen LogP contribution in [-0.4, -0.2) is 6.61 Å². The molecule has 0 spiro atoms. The van der Waals surface area contributed by atoms with Gasteiger partial charge in [0.15, 0.2) is 0 Å². The first kappa shape index (κ1) is 8.60. The van der Waals surface area contributed by atoms with E-state index in [0.717, 1.165) is 11.3 Å². The Kier molecular flexibility index (Phi) is 3.15. The van der Waals surface area contributed by atoms with Gasteiger partial charge in [0.25, 0.3) is 0 Å². The third-order valence-electron chi connectivity index (χ3n) is 1.46. The van der Waals surface area contributed by atoms with Crippen molar-refractivity contribution in [1.29, 1.82) is 0 Å².